The van der Waals surface area contributed by atoms with Gasteiger partial charge in [-0.05, 0) is 36.2 Å². The molecule has 1 unspecified atom stereocenters. The molecule has 0 aliphatic carbocycles. The highest BCUT2D eigenvalue weighted by molar-refractivity contribution is 6.31. The maximum atomic E-state index is 12.2. The quantitative estimate of drug-likeness (QED) is 0.907. The summed E-state index contributed by atoms with van der Waals surface area (Å²) in [6, 6.07) is 14.6. The molecule has 2 aromatic carbocycles. The summed E-state index contributed by atoms with van der Waals surface area (Å²) < 4.78 is 0. The highest BCUT2D eigenvalue weighted by Crippen LogP contribution is 2.22. The summed E-state index contributed by atoms with van der Waals surface area (Å²) in [4.78, 5) is 12.2. The predicted octanol–water partition coefficient (Wildman–Crippen LogP) is 3.29. The van der Waals surface area contributed by atoms with Crippen molar-refractivity contribution >= 4 is 17.5 Å². The number of benzene rings is 2. The van der Waals surface area contributed by atoms with E-state index in [9.17, 15) is 4.79 Å². The lowest BCUT2D eigenvalue weighted by molar-refractivity contribution is 0.0940. The predicted molar refractivity (Wildman–Crippen MR) is 81.7 cm³/mol. The topological polar surface area (TPSA) is 55.1 Å². The Morgan fingerprint density at radius 2 is 1.85 bits per heavy atom. The Morgan fingerprint density at radius 3 is 2.45 bits per heavy atom. The summed E-state index contributed by atoms with van der Waals surface area (Å²) in [6.45, 7) is 2.38. The van der Waals surface area contributed by atoms with E-state index in [1.807, 2.05) is 43.3 Å². The molecule has 0 saturated carbocycles. The van der Waals surface area contributed by atoms with E-state index in [4.69, 9.17) is 17.3 Å². The minimum Gasteiger partial charge on any atom is -0.345 e. The van der Waals surface area contributed by atoms with Gasteiger partial charge in [-0.1, -0.05) is 41.9 Å². The zero-order valence-electron chi connectivity index (χ0n) is 11.3. The molecule has 4 heteroatoms. The zero-order valence-corrected chi connectivity index (χ0v) is 12.0. The van der Waals surface area contributed by atoms with Gasteiger partial charge in [0.2, 0.25) is 0 Å². The van der Waals surface area contributed by atoms with Crippen molar-refractivity contribution in [2.24, 2.45) is 5.73 Å². The van der Waals surface area contributed by atoms with Crippen molar-refractivity contribution in [3.63, 3.8) is 0 Å². The van der Waals surface area contributed by atoms with E-state index in [0.29, 0.717) is 17.1 Å². The highest BCUT2D eigenvalue weighted by Gasteiger charge is 2.13. The Labute approximate surface area is 123 Å². The Morgan fingerprint density at radius 1 is 1.20 bits per heavy atom. The molecule has 0 bridgehead atoms. The SMILES string of the molecule is CC(NC(=O)c1ccc(CN)cc1)c1ccccc1Cl. The number of nitrogens with two attached hydrogens (primary N) is 1. The standard InChI is InChI=1S/C16H17ClN2O/c1-11(14-4-2-3-5-15(14)17)19-16(20)13-8-6-12(10-18)7-9-13/h2-9,11H,10,18H2,1H3,(H,19,20). The van der Waals surface area contributed by atoms with Gasteiger partial charge in [0, 0.05) is 17.1 Å². The molecule has 0 fully saturated rings. The molecular weight excluding hydrogens is 272 g/mol. The Bertz CT molecular complexity index is 596. The number of halogens is 1. The van der Waals surface area contributed by atoms with E-state index < -0.39 is 0 Å². The lowest BCUT2D eigenvalue weighted by Crippen LogP contribution is -2.26. The Balaban J connectivity index is 2.09. The first-order valence-electron chi connectivity index (χ1n) is 6.46. The lowest BCUT2D eigenvalue weighted by atomic mass is 10.1. The van der Waals surface area contributed by atoms with Crippen molar-refractivity contribution in [3.05, 3.63) is 70.2 Å². The van der Waals surface area contributed by atoms with E-state index >= 15 is 0 Å². The molecule has 104 valence electrons. The molecule has 0 radical (unpaired) electrons. The van der Waals surface area contributed by atoms with Crippen molar-refractivity contribution in [2.45, 2.75) is 19.5 Å². The molecule has 0 spiro atoms. The second-order valence-corrected chi connectivity index (χ2v) is 5.02. The van der Waals surface area contributed by atoms with Crippen LogP contribution in [-0.4, -0.2) is 5.91 Å². The smallest absolute Gasteiger partial charge is 0.251 e. The van der Waals surface area contributed by atoms with Gasteiger partial charge in [0.1, 0.15) is 0 Å². The number of carbonyl (C=O) groups excluding carboxylic acids is 1. The van der Waals surface area contributed by atoms with Gasteiger partial charge in [-0.25, -0.2) is 0 Å². The third-order valence-electron chi connectivity index (χ3n) is 3.17. The first-order chi connectivity index (χ1) is 9.61. The zero-order chi connectivity index (χ0) is 14.5. The van der Waals surface area contributed by atoms with Gasteiger partial charge in [-0.3, -0.25) is 4.79 Å². The van der Waals surface area contributed by atoms with Crippen molar-refractivity contribution < 1.29 is 4.79 Å². The summed E-state index contributed by atoms with van der Waals surface area (Å²) in [7, 11) is 0. The number of nitrogens with one attached hydrogen (secondary N) is 1. The Kier molecular flexibility index (Phi) is 4.77. The maximum absolute atomic E-state index is 12.2. The average molecular weight is 289 g/mol. The Hall–Kier alpha value is -1.84. The minimum atomic E-state index is -0.148. The molecule has 3 nitrogen and oxygen atoms in total. The van der Waals surface area contributed by atoms with E-state index in [-0.39, 0.29) is 11.9 Å². The first kappa shape index (κ1) is 14.6. The summed E-state index contributed by atoms with van der Waals surface area (Å²) >= 11 is 6.12. The molecule has 2 rings (SSSR count). The number of hydrogen-bond donors (Lipinski definition) is 2. The monoisotopic (exact) mass is 288 g/mol. The van der Waals surface area contributed by atoms with Crippen LogP contribution in [0.3, 0.4) is 0 Å². The van der Waals surface area contributed by atoms with Crippen LogP contribution >= 0.6 is 11.6 Å². The van der Waals surface area contributed by atoms with Crippen molar-refractivity contribution in [2.75, 3.05) is 0 Å². The van der Waals surface area contributed by atoms with Crippen molar-refractivity contribution in [3.8, 4) is 0 Å². The fraction of sp³-hybridized carbons (Fsp3) is 0.188. The summed E-state index contributed by atoms with van der Waals surface area (Å²) in [6.07, 6.45) is 0. The summed E-state index contributed by atoms with van der Waals surface area (Å²) in [5, 5.41) is 3.59. The molecule has 2 aromatic rings. The van der Waals surface area contributed by atoms with Crippen LogP contribution in [0.25, 0.3) is 0 Å². The second-order valence-electron chi connectivity index (χ2n) is 4.62. The van der Waals surface area contributed by atoms with Crippen molar-refractivity contribution in [1.82, 2.24) is 5.32 Å². The summed E-state index contributed by atoms with van der Waals surface area (Å²) in [5.74, 6) is -0.124. The highest BCUT2D eigenvalue weighted by atomic mass is 35.5. The molecule has 1 amide bonds. The van der Waals surface area contributed by atoms with E-state index in [2.05, 4.69) is 5.32 Å². The van der Waals surface area contributed by atoms with Gasteiger partial charge in [-0.15, -0.1) is 0 Å². The lowest BCUT2D eigenvalue weighted by Gasteiger charge is -2.15. The van der Waals surface area contributed by atoms with Gasteiger partial charge in [0.15, 0.2) is 0 Å². The molecule has 0 aliphatic heterocycles. The molecule has 1 atom stereocenters. The van der Waals surface area contributed by atoms with Gasteiger partial charge in [0.05, 0.1) is 6.04 Å². The molecule has 0 saturated heterocycles. The molecule has 3 N–H and O–H groups in total. The summed E-state index contributed by atoms with van der Waals surface area (Å²) in [5.41, 5.74) is 8.05. The number of hydrogen-bond acceptors (Lipinski definition) is 2. The van der Waals surface area contributed by atoms with Crippen LogP contribution in [0, 0.1) is 0 Å². The fourth-order valence-electron chi connectivity index (χ4n) is 1.98. The molecule has 0 heterocycles. The molecule has 0 aliphatic rings. The van der Waals surface area contributed by atoms with Crippen LogP contribution in [0.2, 0.25) is 5.02 Å². The van der Waals surface area contributed by atoms with E-state index in [1.165, 1.54) is 0 Å². The van der Waals surface area contributed by atoms with E-state index in [0.717, 1.165) is 11.1 Å². The molecule has 0 aromatic heterocycles. The fourth-order valence-corrected chi connectivity index (χ4v) is 2.28. The number of carbonyl (C=O) groups is 1. The minimum absolute atomic E-state index is 0.124. The van der Waals surface area contributed by atoms with Gasteiger partial charge < -0.3 is 11.1 Å². The molecular formula is C16H17ClN2O. The van der Waals surface area contributed by atoms with Crippen LogP contribution < -0.4 is 11.1 Å². The van der Waals surface area contributed by atoms with Gasteiger partial charge in [0.25, 0.3) is 5.91 Å². The first-order valence-corrected chi connectivity index (χ1v) is 6.84. The average Bonchev–Trinajstić information content (AvgIpc) is 2.47. The number of rotatable bonds is 4. The van der Waals surface area contributed by atoms with Crippen LogP contribution in [0.4, 0.5) is 0 Å². The van der Waals surface area contributed by atoms with Crippen LogP contribution in [0.5, 0.6) is 0 Å². The van der Waals surface area contributed by atoms with Crippen LogP contribution in [0.15, 0.2) is 48.5 Å². The maximum Gasteiger partial charge on any atom is 0.251 e. The van der Waals surface area contributed by atoms with Crippen LogP contribution in [-0.2, 0) is 6.54 Å². The van der Waals surface area contributed by atoms with Gasteiger partial charge in [-0.2, -0.15) is 0 Å². The van der Waals surface area contributed by atoms with E-state index in [1.54, 1.807) is 12.1 Å². The number of amides is 1. The van der Waals surface area contributed by atoms with Crippen molar-refractivity contribution in [1.29, 1.82) is 0 Å². The largest absolute Gasteiger partial charge is 0.345 e. The third-order valence-corrected chi connectivity index (χ3v) is 3.52. The third kappa shape index (κ3) is 3.38. The normalized spacial score (nSPS) is 11.9. The second kappa shape index (κ2) is 6.55. The van der Waals surface area contributed by atoms with Gasteiger partial charge >= 0.3 is 0 Å². The van der Waals surface area contributed by atoms with Crippen LogP contribution in [0.1, 0.15) is 34.5 Å². The molecule has 20 heavy (non-hydrogen) atoms.